The monoisotopic (exact) mass is 223 g/mol. The Morgan fingerprint density at radius 1 is 1.50 bits per heavy atom. The summed E-state index contributed by atoms with van der Waals surface area (Å²) in [5, 5.41) is 11.5. The fourth-order valence-electron chi connectivity index (χ4n) is 1.41. The summed E-state index contributed by atoms with van der Waals surface area (Å²) in [5.41, 5.74) is 2.17. The van der Waals surface area contributed by atoms with E-state index in [1.54, 1.807) is 7.05 Å². The zero-order valence-electron chi connectivity index (χ0n) is 9.78. The fourth-order valence-corrected chi connectivity index (χ4v) is 1.41. The summed E-state index contributed by atoms with van der Waals surface area (Å²) in [4.78, 5) is 10.7. The molecule has 1 unspecified atom stereocenters. The van der Waals surface area contributed by atoms with Gasteiger partial charge in [0, 0.05) is 0 Å². The first-order valence-corrected chi connectivity index (χ1v) is 5.14. The maximum Gasteiger partial charge on any atom is 0.324 e. The van der Waals surface area contributed by atoms with Crippen LogP contribution in [0.5, 0.6) is 5.75 Å². The highest BCUT2D eigenvalue weighted by Crippen LogP contribution is 2.18. The molecule has 4 nitrogen and oxygen atoms in total. The second-order valence-electron chi connectivity index (χ2n) is 3.76. The Balaban J connectivity index is 2.63. The highest BCUT2D eigenvalue weighted by atomic mass is 16.5. The molecule has 0 aliphatic heterocycles. The summed E-state index contributed by atoms with van der Waals surface area (Å²) in [6, 6.07) is 5.13. The molecule has 0 saturated heterocycles. The van der Waals surface area contributed by atoms with Gasteiger partial charge >= 0.3 is 5.97 Å². The Morgan fingerprint density at radius 3 is 2.69 bits per heavy atom. The molecule has 0 saturated carbocycles. The smallest absolute Gasteiger partial charge is 0.324 e. The van der Waals surface area contributed by atoms with E-state index in [1.807, 2.05) is 32.0 Å². The minimum atomic E-state index is -0.910. The van der Waals surface area contributed by atoms with Gasteiger partial charge in [0.1, 0.15) is 18.4 Å². The number of ether oxygens (including phenoxy) is 1. The Bertz CT molecular complexity index is 377. The summed E-state index contributed by atoms with van der Waals surface area (Å²) in [7, 11) is 1.60. The number of carboxylic acids is 1. The number of likely N-dealkylation sites (N-methyl/N-ethyl adjacent to an activating group) is 1. The summed E-state index contributed by atoms with van der Waals surface area (Å²) in [6.45, 7) is 4.07. The SMILES string of the molecule is CNC(COc1ccc(C)cc1C)C(=O)O. The lowest BCUT2D eigenvalue weighted by Crippen LogP contribution is -2.39. The van der Waals surface area contributed by atoms with Crippen LogP contribution in [0.3, 0.4) is 0 Å². The third kappa shape index (κ3) is 3.24. The minimum absolute atomic E-state index is 0.121. The van der Waals surface area contributed by atoms with Crippen LogP contribution in [0.2, 0.25) is 0 Å². The number of aryl methyl sites for hydroxylation is 2. The second-order valence-corrected chi connectivity index (χ2v) is 3.76. The lowest BCUT2D eigenvalue weighted by molar-refractivity contribution is -0.140. The minimum Gasteiger partial charge on any atom is -0.491 e. The molecule has 0 fully saturated rings. The van der Waals surface area contributed by atoms with Crippen molar-refractivity contribution in [1.82, 2.24) is 5.32 Å². The zero-order valence-corrected chi connectivity index (χ0v) is 9.78. The van der Waals surface area contributed by atoms with Crippen LogP contribution in [0, 0.1) is 13.8 Å². The van der Waals surface area contributed by atoms with Gasteiger partial charge in [-0.1, -0.05) is 17.7 Å². The lowest BCUT2D eigenvalue weighted by Gasteiger charge is -2.14. The molecule has 16 heavy (non-hydrogen) atoms. The first-order chi connectivity index (χ1) is 7.54. The molecule has 0 spiro atoms. The lowest BCUT2D eigenvalue weighted by atomic mass is 10.1. The van der Waals surface area contributed by atoms with E-state index in [4.69, 9.17) is 9.84 Å². The quantitative estimate of drug-likeness (QED) is 0.791. The van der Waals surface area contributed by atoms with Crippen molar-refractivity contribution in [3.8, 4) is 5.75 Å². The highest BCUT2D eigenvalue weighted by molar-refractivity contribution is 5.73. The van der Waals surface area contributed by atoms with Gasteiger partial charge in [-0.05, 0) is 32.5 Å². The molecular formula is C12H17NO3. The van der Waals surface area contributed by atoms with Crippen molar-refractivity contribution in [2.45, 2.75) is 19.9 Å². The van der Waals surface area contributed by atoms with Crippen LogP contribution in [0.4, 0.5) is 0 Å². The molecular weight excluding hydrogens is 206 g/mol. The molecule has 88 valence electrons. The number of aliphatic carboxylic acids is 1. The Morgan fingerprint density at radius 2 is 2.19 bits per heavy atom. The molecule has 0 aliphatic rings. The summed E-state index contributed by atoms with van der Waals surface area (Å²) in [5.74, 6) is -0.181. The van der Waals surface area contributed by atoms with Crippen molar-refractivity contribution < 1.29 is 14.6 Å². The Hall–Kier alpha value is -1.55. The number of carbonyl (C=O) groups is 1. The molecule has 2 N–H and O–H groups in total. The summed E-state index contributed by atoms with van der Waals surface area (Å²) in [6.07, 6.45) is 0. The van der Waals surface area contributed by atoms with E-state index in [-0.39, 0.29) is 6.61 Å². The van der Waals surface area contributed by atoms with Crippen LogP contribution >= 0.6 is 0 Å². The number of nitrogens with one attached hydrogen (secondary N) is 1. The van der Waals surface area contributed by atoms with Crippen molar-refractivity contribution in [2.75, 3.05) is 13.7 Å². The topological polar surface area (TPSA) is 58.6 Å². The van der Waals surface area contributed by atoms with Crippen molar-refractivity contribution in [1.29, 1.82) is 0 Å². The van der Waals surface area contributed by atoms with Gasteiger partial charge in [-0.25, -0.2) is 0 Å². The van der Waals surface area contributed by atoms with E-state index in [0.717, 1.165) is 16.9 Å². The molecule has 1 atom stereocenters. The maximum atomic E-state index is 10.7. The molecule has 0 radical (unpaired) electrons. The predicted molar refractivity (Wildman–Crippen MR) is 61.9 cm³/mol. The number of hydrogen-bond donors (Lipinski definition) is 2. The third-order valence-corrected chi connectivity index (χ3v) is 2.38. The van der Waals surface area contributed by atoms with Gasteiger partial charge in [0.2, 0.25) is 0 Å². The van der Waals surface area contributed by atoms with Gasteiger partial charge in [0.15, 0.2) is 0 Å². The first kappa shape index (κ1) is 12.5. The highest BCUT2D eigenvalue weighted by Gasteiger charge is 2.15. The first-order valence-electron chi connectivity index (χ1n) is 5.14. The fraction of sp³-hybridized carbons (Fsp3) is 0.417. The number of benzene rings is 1. The molecule has 1 rings (SSSR count). The molecule has 0 amide bonds. The maximum absolute atomic E-state index is 10.7. The van der Waals surface area contributed by atoms with Crippen LogP contribution in [0.25, 0.3) is 0 Å². The summed E-state index contributed by atoms with van der Waals surface area (Å²) >= 11 is 0. The zero-order chi connectivity index (χ0) is 12.1. The number of rotatable bonds is 5. The molecule has 0 heterocycles. The van der Waals surface area contributed by atoms with Crippen LogP contribution in [0.1, 0.15) is 11.1 Å². The van der Waals surface area contributed by atoms with E-state index in [1.165, 1.54) is 0 Å². The molecule has 0 bridgehead atoms. The predicted octanol–water partition coefficient (Wildman–Crippen LogP) is 1.35. The molecule has 4 heteroatoms. The largest absolute Gasteiger partial charge is 0.491 e. The van der Waals surface area contributed by atoms with Crippen molar-refractivity contribution in [2.24, 2.45) is 0 Å². The van der Waals surface area contributed by atoms with E-state index in [9.17, 15) is 4.79 Å². The molecule has 0 aliphatic carbocycles. The van der Waals surface area contributed by atoms with Gasteiger partial charge in [0.05, 0.1) is 0 Å². The summed E-state index contributed by atoms with van der Waals surface area (Å²) < 4.78 is 5.46. The van der Waals surface area contributed by atoms with Crippen molar-refractivity contribution in [3.63, 3.8) is 0 Å². The third-order valence-electron chi connectivity index (χ3n) is 2.38. The van der Waals surface area contributed by atoms with Gasteiger partial charge in [-0.15, -0.1) is 0 Å². The molecule has 0 aromatic heterocycles. The number of carboxylic acid groups (broad SMARTS) is 1. The number of hydrogen-bond acceptors (Lipinski definition) is 3. The van der Waals surface area contributed by atoms with Crippen LogP contribution < -0.4 is 10.1 Å². The Labute approximate surface area is 95.2 Å². The van der Waals surface area contributed by atoms with Crippen molar-refractivity contribution in [3.05, 3.63) is 29.3 Å². The molecule has 1 aromatic rings. The average Bonchev–Trinajstić information content (AvgIpc) is 2.21. The standard InChI is InChI=1S/C12H17NO3/c1-8-4-5-11(9(2)6-8)16-7-10(13-3)12(14)15/h4-6,10,13H,7H2,1-3H3,(H,14,15). The molecule has 1 aromatic carbocycles. The second kappa shape index (κ2) is 5.51. The van der Waals surface area contributed by atoms with E-state index < -0.39 is 12.0 Å². The van der Waals surface area contributed by atoms with Crippen LogP contribution in [-0.2, 0) is 4.79 Å². The van der Waals surface area contributed by atoms with E-state index in [2.05, 4.69) is 5.32 Å². The average molecular weight is 223 g/mol. The van der Waals surface area contributed by atoms with E-state index >= 15 is 0 Å². The van der Waals surface area contributed by atoms with Gasteiger partial charge in [0.25, 0.3) is 0 Å². The Kier molecular flexibility index (Phi) is 4.31. The van der Waals surface area contributed by atoms with Gasteiger partial charge in [-0.2, -0.15) is 0 Å². The van der Waals surface area contributed by atoms with Gasteiger partial charge < -0.3 is 15.2 Å². The van der Waals surface area contributed by atoms with Gasteiger partial charge in [-0.3, -0.25) is 4.79 Å². The van der Waals surface area contributed by atoms with E-state index in [0.29, 0.717) is 0 Å². The normalized spacial score (nSPS) is 12.2. The van der Waals surface area contributed by atoms with Crippen molar-refractivity contribution >= 4 is 5.97 Å². The van der Waals surface area contributed by atoms with Crippen LogP contribution in [0.15, 0.2) is 18.2 Å². The van der Waals surface area contributed by atoms with Crippen LogP contribution in [-0.4, -0.2) is 30.8 Å².